The number of H-pyrrole nitrogens is 2. The topological polar surface area (TPSA) is 209 Å². The number of carboxylic acid groups (broad SMARTS) is 1. The summed E-state index contributed by atoms with van der Waals surface area (Å²) >= 11 is 0. The van der Waals surface area contributed by atoms with E-state index in [2.05, 4.69) is 36.6 Å². The number of nitrogens with zero attached hydrogens (tertiary/aromatic N) is 5. The smallest absolute Gasteiger partial charge is 0.407 e. The number of nitriles is 1. The number of rotatable bonds is 11. The van der Waals surface area contributed by atoms with Gasteiger partial charge in [-0.2, -0.15) is 5.26 Å². The lowest BCUT2D eigenvalue weighted by atomic mass is 9.96. The molecular formula is C40H47N9O6. The summed E-state index contributed by atoms with van der Waals surface area (Å²) in [5.74, 6) is 0.502. The number of ether oxygens (including phenoxy) is 1. The number of aromatic amines is 2. The highest BCUT2D eigenvalue weighted by atomic mass is 16.5. The molecule has 15 nitrogen and oxygen atoms in total. The first-order valence-electron chi connectivity index (χ1n) is 18.6. The summed E-state index contributed by atoms with van der Waals surface area (Å²) in [4.78, 5) is 69.7. The molecule has 15 heteroatoms. The largest absolute Gasteiger partial charge is 0.465 e. The molecule has 2 aromatic heterocycles. The number of likely N-dealkylation sites (tertiary alicyclic amines) is 2. The Hall–Kier alpha value is -6.17. The Bertz CT molecular complexity index is 2080. The zero-order valence-corrected chi connectivity index (χ0v) is 31.6. The third-order valence-electron chi connectivity index (χ3n) is 10.5. The number of aromatic nitrogens is 4. The van der Waals surface area contributed by atoms with Crippen molar-refractivity contribution in [1.82, 2.24) is 40.4 Å². The fourth-order valence-corrected chi connectivity index (χ4v) is 7.52. The van der Waals surface area contributed by atoms with Gasteiger partial charge < -0.3 is 40.2 Å². The number of methoxy groups -OCH3 is 1. The predicted octanol–water partition coefficient (Wildman–Crippen LogP) is 6.01. The Labute approximate surface area is 319 Å². The molecule has 0 spiro atoms. The van der Waals surface area contributed by atoms with Crippen LogP contribution in [-0.4, -0.2) is 91.1 Å². The molecule has 5 N–H and O–H groups in total. The Morgan fingerprint density at radius 3 is 1.78 bits per heavy atom. The molecule has 4 unspecified atom stereocenters. The van der Waals surface area contributed by atoms with Crippen LogP contribution in [0.1, 0.15) is 82.7 Å². The molecule has 288 valence electrons. The maximum atomic E-state index is 13.5. The molecule has 6 rings (SSSR count). The Balaban J connectivity index is 1.16. The molecule has 2 aromatic carbocycles. The second kappa shape index (κ2) is 16.5. The standard InChI is InChI=1S/C40H47N9O6/c1-22(2)33(46-39(52)53)37(50)48-16-6-9-32(48)36-43-21-30(45-36)26-14-15-28(27(18-26)19-41)24-10-12-25(13-11-24)29-20-42-35(44-29)31-8-7-17-49(31)38(51)34(23(3)4)47-40(54)55-5/h10-15,18,20-23,31-34,46H,6-9,16-17H2,1-5H3,(H,42,44)(H,43,45)(H,47,54)(H,52,53). The van der Waals surface area contributed by atoms with Gasteiger partial charge in [0.05, 0.1) is 54.6 Å². The van der Waals surface area contributed by atoms with E-state index in [1.807, 2.05) is 70.2 Å². The van der Waals surface area contributed by atoms with Gasteiger partial charge in [0.15, 0.2) is 0 Å². The minimum Gasteiger partial charge on any atom is -0.465 e. The molecule has 0 radical (unpaired) electrons. The first-order valence-corrected chi connectivity index (χ1v) is 18.6. The van der Waals surface area contributed by atoms with Gasteiger partial charge >= 0.3 is 12.2 Å². The van der Waals surface area contributed by atoms with Crippen molar-refractivity contribution >= 4 is 24.0 Å². The third kappa shape index (κ3) is 8.18. The van der Waals surface area contributed by atoms with Crippen molar-refractivity contribution in [3.8, 4) is 39.7 Å². The third-order valence-corrected chi connectivity index (χ3v) is 10.5. The molecule has 0 bridgehead atoms. The van der Waals surface area contributed by atoms with E-state index < -0.39 is 24.3 Å². The van der Waals surface area contributed by atoms with Crippen molar-refractivity contribution in [1.29, 1.82) is 5.26 Å². The number of carbonyl (C=O) groups is 4. The Kier molecular flexibility index (Phi) is 11.5. The molecule has 0 saturated carbocycles. The number of nitrogens with one attached hydrogen (secondary N) is 4. The van der Waals surface area contributed by atoms with E-state index in [1.165, 1.54) is 7.11 Å². The van der Waals surface area contributed by atoms with Crippen LogP contribution in [0.4, 0.5) is 9.59 Å². The normalized spacial score (nSPS) is 17.9. The minimum atomic E-state index is -1.24. The van der Waals surface area contributed by atoms with Gasteiger partial charge in [-0.3, -0.25) is 9.59 Å². The van der Waals surface area contributed by atoms with Crippen molar-refractivity contribution in [3.05, 3.63) is 72.1 Å². The second-order valence-electron chi connectivity index (χ2n) is 14.7. The van der Waals surface area contributed by atoms with E-state index in [4.69, 9.17) is 4.74 Å². The van der Waals surface area contributed by atoms with Crippen LogP contribution in [0.3, 0.4) is 0 Å². The number of benzene rings is 2. The van der Waals surface area contributed by atoms with Gasteiger partial charge in [-0.15, -0.1) is 0 Å². The predicted molar refractivity (Wildman–Crippen MR) is 203 cm³/mol. The van der Waals surface area contributed by atoms with Crippen LogP contribution in [0.15, 0.2) is 54.9 Å². The monoisotopic (exact) mass is 749 g/mol. The molecule has 2 fully saturated rings. The molecular weight excluding hydrogens is 702 g/mol. The lowest BCUT2D eigenvalue weighted by Crippen LogP contribution is -2.51. The summed E-state index contributed by atoms with van der Waals surface area (Å²) < 4.78 is 4.74. The van der Waals surface area contributed by atoms with Gasteiger partial charge in [-0.1, -0.05) is 64.1 Å². The summed E-state index contributed by atoms with van der Waals surface area (Å²) in [6.45, 7) is 8.45. The Morgan fingerprint density at radius 1 is 0.800 bits per heavy atom. The fourth-order valence-electron chi connectivity index (χ4n) is 7.52. The van der Waals surface area contributed by atoms with E-state index in [-0.39, 0.29) is 35.7 Å². The molecule has 4 heterocycles. The average molecular weight is 750 g/mol. The van der Waals surface area contributed by atoms with Crippen LogP contribution in [-0.2, 0) is 14.3 Å². The summed E-state index contributed by atoms with van der Waals surface area (Å²) in [7, 11) is 1.27. The SMILES string of the molecule is COC(=O)NC(C(=O)N1CCCC1c1ncc(-c2ccc(-c3ccc(-c4cnc(C5CCCN5C(=O)C(NC(=O)O)C(C)C)[nH]4)cc3C#N)cc2)[nH]1)C(C)C. The highest BCUT2D eigenvalue weighted by Crippen LogP contribution is 2.36. The van der Waals surface area contributed by atoms with Gasteiger partial charge in [0.2, 0.25) is 11.8 Å². The zero-order valence-electron chi connectivity index (χ0n) is 31.6. The number of alkyl carbamates (subject to hydrolysis) is 1. The maximum absolute atomic E-state index is 13.5. The van der Waals surface area contributed by atoms with Gasteiger partial charge in [0, 0.05) is 18.7 Å². The van der Waals surface area contributed by atoms with Crippen molar-refractivity contribution in [3.63, 3.8) is 0 Å². The van der Waals surface area contributed by atoms with Gasteiger partial charge in [-0.25, -0.2) is 19.6 Å². The summed E-state index contributed by atoms with van der Waals surface area (Å²) in [6, 6.07) is 13.6. The molecule has 0 aliphatic carbocycles. The maximum Gasteiger partial charge on any atom is 0.407 e. The molecule has 2 aliphatic heterocycles. The number of hydrogen-bond donors (Lipinski definition) is 5. The highest BCUT2D eigenvalue weighted by Gasteiger charge is 2.39. The van der Waals surface area contributed by atoms with Crippen LogP contribution in [0.2, 0.25) is 0 Å². The van der Waals surface area contributed by atoms with Crippen molar-refractivity contribution in [2.75, 3.05) is 20.2 Å². The molecule has 55 heavy (non-hydrogen) atoms. The van der Waals surface area contributed by atoms with E-state index >= 15 is 0 Å². The quantitative estimate of drug-likeness (QED) is 0.122. The van der Waals surface area contributed by atoms with E-state index in [9.17, 15) is 29.5 Å². The summed E-state index contributed by atoms with van der Waals surface area (Å²) in [5.41, 5.74) is 5.26. The molecule has 2 aliphatic rings. The van der Waals surface area contributed by atoms with Crippen LogP contribution in [0.25, 0.3) is 33.6 Å². The fraction of sp³-hybridized carbons (Fsp3) is 0.425. The lowest BCUT2D eigenvalue weighted by Gasteiger charge is -2.30. The summed E-state index contributed by atoms with van der Waals surface area (Å²) in [6.07, 6.45) is 4.60. The summed E-state index contributed by atoms with van der Waals surface area (Å²) in [5, 5.41) is 24.5. The van der Waals surface area contributed by atoms with E-state index in [0.717, 1.165) is 47.2 Å². The van der Waals surface area contributed by atoms with Gasteiger partial charge in [0.1, 0.15) is 23.7 Å². The van der Waals surface area contributed by atoms with Crippen LogP contribution in [0, 0.1) is 23.2 Å². The lowest BCUT2D eigenvalue weighted by molar-refractivity contribution is -0.136. The number of amides is 4. The minimum absolute atomic E-state index is 0.129. The van der Waals surface area contributed by atoms with Crippen molar-refractivity contribution in [2.24, 2.45) is 11.8 Å². The molecule has 2 saturated heterocycles. The highest BCUT2D eigenvalue weighted by molar-refractivity contribution is 5.87. The van der Waals surface area contributed by atoms with Gasteiger partial charge in [0.25, 0.3) is 0 Å². The van der Waals surface area contributed by atoms with Crippen LogP contribution >= 0.6 is 0 Å². The molecule has 4 aromatic rings. The van der Waals surface area contributed by atoms with E-state index in [0.29, 0.717) is 42.4 Å². The first-order chi connectivity index (χ1) is 26.4. The van der Waals surface area contributed by atoms with Gasteiger partial charge in [-0.05, 0) is 60.3 Å². The average Bonchev–Trinajstić information content (AvgIpc) is 4.01. The van der Waals surface area contributed by atoms with Crippen LogP contribution in [0.5, 0.6) is 0 Å². The first kappa shape index (κ1) is 38.6. The molecule has 4 amide bonds. The zero-order chi connectivity index (χ0) is 39.4. The van der Waals surface area contributed by atoms with Crippen LogP contribution < -0.4 is 10.6 Å². The van der Waals surface area contributed by atoms with Crippen molar-refractivity contribution < 1.29 is 29.0 Å². The number of imidazole rings is 2. The number of hydrogen-bond acceptors (Lipinski definition) is 8. The number of carbonyl (C=O) groups excluding carboxylic acids is 3. The van der Waals surface area contributed by atoms with Crippen molar-refractivity contribution in [2.45, 2.75) is 77.5 Å². The second-order valence-corrected chi connectivity index (χ2v) is 14.7. The molecule has 4 atom stereocenters. The van der Waals surface area contributed by atoms with E-state index in [1.54, 1.807) is 22.2 Å². The Morgan fingerprint density at radius 2 is 1.29 bits per heavy atom.